The minimum Gasteiger partial charge on any atom is -0.453 e. The Balaban J connectivity index is 2.86. The maximum Gasteiger partial charge on any atom is 0.408 e. The van der Waals surface area contributed by atoms with Gasteiger partial charge in [-0.15, -0.1) is 0 Å². The van der Waals surface area contributed by atoms with Gasteiger partial charge in [0.15, 0.2) is 11.3 Å². The SMILES string of the molecule is COC(=O)N[C@H](NC(=S)Nc1c(Cl)cc(Cl)cc1Cl)C(Cl)(Cl)Cl. The van der Waals surface area contributed by atoms with E-state index in [1.165, 1.54) is 12.1 Å². The molecule has 1 aromatic rings. The first kappa shape index (κ1) is 21.0. The molecule has 23 heavy (non-hydrogen) atoms. The highest BCUT2D eigenvalue weighted by molar-refractivity contribution is 7.80. The number of methoxy groups -OCH3 is 1. The molecule has 0 bridgehead atoms. The summed E-state index contributed by atoms with van der Waals surface area (Å²) in [5.41, 5.74) is 0.302. The summed E-state index contributed by atoms with van der Waals surface area (Å²) in [5.74, 6) is 0. The van der Waals surface area contributed by atoms with Crippen LogP contribution in [0, 0.1) is 0 Å². The number of anilines is 1. The van der Waals surface area contributed by atoms with Gasteiger partial charge >= 0.3 is 6.09 Å². The Hall–Kier alpha value is -0.0800. The van der Waals surface area contributed by atoms with Crippen LogP contribution in [0.2, 0.25) is 15.1 Å². The van der Waals surface area contributed by atoms with Gasteiger partial charge in [0.25, 0.3) is 0 Å². The lowest BCUT2D eigenvalue weighted by atomic mass is 10.3. The lowest BCUT2D eigenvalue weighted by Gasteiger charge is -2.27. The van der Waals surface area contributed by atoms with Crippen molar-refractivity contribution in [3.05, 3.63) is 27.2 Å². The molecule has 0 saturated carbocycles. The van der Waals surface area contributed by atoms with Crippen LogP contribution in [0.4, 0.5) is 10.5 Å². The van der Waals surface area contributed by atoms with Gasteiger partial charge in [-0.2, -0.15) is 0 Å². The predicted octanol–water partition coefficient (Wildman–Crippen LogP) is 4.99. The van der Waals surface area contributed by atoms with Crippen LogP contribution in [-0.2, 0) is 4.74 Å². The quantitative estimate of drug-likeness (QED) is 0.338. The second-order valence-corrected chi connectivity index (χ2v) is 7.98. The Morgan fingerprint density at radius 1 is 1.17 bits per heavy atom. The zero-order valence-electron chi connectivity index (χ0n) is 11.2. The first-order valence-corrected chi connectivity index (χ1v) is 8.35. The van der Waals surface area contributed by atoms with Crippen molar-refractivity contribution in [2.24, 2.45) is 0 Å². The minimum atomic E-state index is -1.91. The second-order valence-electron chi connectivity index (χ2n) is 3.95. The Labute approximate surface area is 167 Å². The molecule has 1 rings (SSSR count). The summed E-state index contributed by atoms with van der Waals surface area (Å²) in [5, 5.41) is 8.43. The van der Waals surface area contributed by atoms with Gasteiger partial charge in [0.05, 0.1) is 22.8 Å². The Morgan fingerprint density at radius 2 is 1.70 bits per heavy atom. The van der Waals surface area contributed by atoms with E-state index in [0.29, 0.717) is 10.7 Å². The van der Waals surface area contributed by atoms with Crippen LogP contribution in [0.1, 0.15) is 0 Å². The monoisotopic (exact) mass is 457 g/mol. The van der Waals surface area contributed by atoms with Crippen LogP contribution in [0.25, 0.3) is 0 Å². The first-order chi connectivity index (χ1) is 10.5. The Kier molecular flexibility index (Phi) is 8.07. The number of carbonyl (C=O) groups is 1. The summed E-state index contributed by atoms with van der Waals surface area (Å²) >= 11 is 40.3. The zero-order chi connectivity index (χ0) is 17.8. The number of thiocarbonyl (C=S) groups is 1. The number of carbonyl (C=O) groups excluding carboxylic acids is 1. The van der Waals surface area contributed by atoms with E-state index >= 15 is 0 Å². The summed E-state index contributed by atoms with van der Waals surface area (Å²) in [4.78, 5) is 11.3. The van der Waals surface area contributed by atoms with Crippen molar-refractivity contribution in [2.75, 3.05) is 12.4 Å². The molecule has 0 aliphatic heterocycles. The van der Waals surface area contributed by atoms with E-state index in [1.54, 1.807) is 0 Å². The van der Waals surface area contributed by atoms with Crippen LogP contribution in [-0.4, -0.2) is 28.3 Å². The number of hydrogen-bond donors (Lipinski definition) is 3. The maximum absolute atomic E-state index is 11.3. The second kappa shape index (κ2) is 8.85. The average Bonchev–Trinajstić information content (AvgIpc) is 2.40. The third kappa shape index (κ3) is 6.74. The molecule has 5 nitrogen and oxygen atoms in total. The fraction of sp³-hybridized carbons (Fsp3) is 0.273. The number of alkyl halides is 3. The van der Waals surface area contributed by atoms with Gasteiger partial charge in [-0.25, -0.2) is 4.79 Å². The van der Waals surface area contributed by atoms with Gasteiger partial charge in [0.2, 0.25) is 3.79 Å². The molecule has 0 aromatic heterocycles. The molecule has 3 N–H and O–H groups in total. The van der Waals surface area contributed by atoms with E-state index in [0.717, 1.165) is 7.11 Å². The fourth-order valence-corrected chi connectivity index (χ4v) is 2.78. The number of alkyl carbamates (subject to hydrolysis) is 1. The van der Waals surface area contributed by atoms with Gasteiger partial charge in [-0.05, 0) is 24.4 Å². The lowest BCUT2D eigenvalue weighted by molar-refractivity contribution is 0.166. The number of amides is 1. The molecule has 0 spiro atoms. The normalized spacial score (nSPS) is 12.3. The summed E-state index contributed by atoms with van der Waals surface area (Å²) in [6, 6.07) is 2.94. The highest BCUT2D eigenvalue weighted by atomic mass is 35.6. The summed E-state index contributed by atoms with van der Waals surface area (Å²) in [6.45, 7) is 0. The van der Waals surface area contributed by atoms with E-state index < -0.39 is 16.1 Å². The molecule has 1 atom stereocenters. The summed E-state index contributed by atoms with van der Waals surface area (Å²) in [7, 11) is 1.16. The van der Waals surface area contributed by atoms with Crippen molar-refractivity contribution in [3.63, 3.8) is 0 Å². The number of hydrogen-bond acceptors (Lipinski definition) is 3. The van der Waals surface area contributed by atoms with Crippen molar-refractivity contribution in [3.8, 4) is 0 Å². The van der Waals surface area contributed by atoms with Crippen LogP contribution >= 0.6 is 81.8 Å². The predicted molar refractivity (Wildman–Crippen MR) is 100 cm³/mol. The van der Waals surface area contributed by atoms with E-state index in [4.69, 9.17) is 81.8 Å². The summed E-state index contributed by atoms with van der Waals surface area (Å²) in [6.07, 6.45) is -2.00. The van der Waals surface area contributed by atoms with E-state index in [2.05, 4.69) is 20.7 Å². The number of ether oxygens (including phenoxy) is 1. The van der Waals surface area contributed by atoms with Crippen LogP contribution in [0.5, 0.6) is 0 Å². The van der Waals surface area contributed by atoms with Crippen molar-refractivity contribution in [2.45, 2.75) is 9.96 Å². The fourth-order valence-electron chi connectivity index (χ4n) is 1.32. The minimum absolute atomic E-state index is 0.0103. The van der Waals surface area contributed by atoms with Gasteiger partial charge in [-0.1, -0.05) is 69.6 Å². The standard InChI is InChI=1S/C11H9Cl6N3O2S/c1-22-10(21)20-8(11(15,16)17)19-9(23)18-7-5(13)2-4(12)3-6(7)14/h2-3,8H,1H3,(H,20,21)(H2,18,19,23)/t8-/m0/s1. The molecule has 12 heteroatoms. The van der Waals surface area contributed by atoms with Crippen molar-refractivity contribution in [1.29, 1.82) is 0 Å². The van der Waals surface area contributed by atoms with Gasteiger partial charge in [0.1, 0.15) is 0 Å². The molecule has 0 aliphatic carbocycles. The maximum atomic E-state index is 11.3. The van der Waals surface area contributed by atoms with Crippen molar-refractivity contribution < 1.29 is 9.53 Å². The number of benzene rings is 1. The third-order valence-corrected chi connectivity index (χ3v) is 3.98. The largest absolute Gasteiger partial charge is 0.453 e. The molecular weight excluding hydrogens is 451 g/mol. The molecule has 128 valence electrons. The highest BCUT2D eigenvalue weighted by Gasteiger charge is 2.35. The van der Waals surface area contributed by atoms with Gasteiger partial charge in [0, 0.05) is 5.02 Å². The Morgan fingerprint density at radius 3 is 2.13 bits per heavy atom. The van der Waals surface area contributed by atoms with Gasteiger partial charge in [-0.3, -0.25) is 5.32 Å². The topological polar surface area (TPSA) is 62.4 Å². The Bertz CT molecular complexity index is 587. The lowest BCUT2D eigenvalue weighted by Crippen LogP contribution is -2.56. The average molecular weight is 460 g/mol. The van der Waals surface area contributed by atoms with E-state index in [-0.39, 0.29) is 15.2 Å². The smallest absolute Gasteiger partial charge is 0.408 e. The van der Waals surface area contributed by atoms with Crippen LogP contribution < -0.4 is 16.0 Å². The van der Waals surface area contributed by atoms with Crippen LogP contribution in [0.3, 0.4) is 0 Å². The summed E-state index contributed by atoms with van der Waals surface area (Å²) < 4.78 is 2.53. The molecule has 0 fully saturated rings. The molecule has 1 aromatic carbocycles. The molecule has 1 amide bonds. The molecular formula is C11H9Cl6N3O2S. The molecule has 0 aliphatic rings. The van der Waals surface area contributed by atoms with Crippen molar-refractivity contribution >= 4 is 98.7 Å². The number of halogens is 6. The zero-order valence-corrected chi connectivity index (χ0v) is 16.6. The molecule has 0 saturated heterocycles. The molecule has 0 heterocycles. The van der Waals surface area contributed by atoms with E-state index in [9.17, 15) is 4.79 Å². The van der Waals surface area contributed by atoms with Crippen LogP contribution in [0.15, 0.2) is 12.1 Å². The molecule has 0 unspecified atom stereocenters. The number of rotatable bonds is 3. The van der Waals surface area contributed by atoms with Gasteiger partial charge < -0.3 is 15.4 Å². The van der Waals surface area contributed by atoms with E-state index in [1.807, 2.05) is 0 Å². The molecule has 0 radical (unpaired) electrons. The first-order valence-electron chi connectivity index (χ1n) is 5.68. The third-order valence-electron chi connectivity index (χ3n) is 2.30. The number of nitrogens with one attached hydrogen (secondary N) is 3. The van der Waals surface area contributed by atoms with Crippen molar-refractivity contribution in [1.82, 2.24) is 10.6 Å². The highest BCUT2D eigenvalue weighted by Crippen LogP contribution is 2.34.